The second kappa shape index (κ2) is 7.83. The second-order valence-electron chi connectivity index (χ2n) is 5.60. The van der Waals surface area contributed by atoms with Gasteiger partial charge in [-0.2, -0.15) is 0 Å². The Morgan fingerprint density at radius 3 is 2.21 bits per heavy atom. The monoisotopic (exact) mass is 347 g/mol. The fourth-order valence-electron chi connectivity index (χ4n) is 2.09. The smallest absolute Gasteiger partial charge is 0.315 e. The summed E-state index contributed by atoms with van der Waals surface area (Å²) in [5.74, 6) is 0. The number of rotatable bonds is 6. The minimum absolute atomic E-state index is 0.281. The number of anilines is 1. The maximum Gasteiger partial charge on any atom is 0.315 e. The number of hydrogen-bond acceptors (Lipinski definition) is 3. The molecule has 0 atom stereocenters. The zero-order chi connectivity index (χ0) is 17.6. The first-order valence-electron chi connectivity index (χ1n) is 7.46. The Morgan fingerprint density at radius 2 is 1.58 bits per heavy atom. The highest BCUT2D eigenvalue weighted by atomic mass is 32.2. The van der Waals surface area contributed by atoms with Gasteiger partial charge in [0, 0.05) is 18.8 Å². The third-order valence-corrected chi connectivity index (χ3v) is 3.86. The average molecular weight is 347 g/mol. The van der Waals surface area contributed by atoms with E-state index < -0.39 is 10.0 Å². The van der Waals surface area contributed by atoms with Crippen molar-refractivity contribution in [3.63, 3.8) is 0 Å². The van der Waals surface area contributed by atoms with Gasteiger partial charge in [-0.05, 0) is 30.2 Å². The van der Waals surface area contributed by atoms with Gasteiger partial charge in [-0.15, -0.1) is 0 Å². The van der Waals surface area contributed by atoms with Crippen molar-refractivity contribution in [2.75, 3.05) is 11.0 Å². The van der Waals surface area contributed by atoms with Crippen LogP contribution in [0.3, 0.4) is 0 Å². The van der Waals surface area contributed by atoms with E-state index in [1.807, 2.05) is 37.3 Å². The van der Waals surface area contributed by atoms with Gasteiger partial charge < -0.3 is 10.6 Å². The molecule has 2 amide bonds. The second-order valence-corrected chi connectivity index (χ2v) is 7.34. The molecule has 0 aliphatic heterocycles. The maximum absolute atomic E-state index is 11.8. The predicted molar refractivity (Wildman–Crippen MR) is 95.2 cm³/mol. The summed E-state index contributed by atoms with van der Waals surface area (Å²) in [6.45, 7) is 2.76. The van der Waals surface area contributed by atoms with Crippen molar-refractivity contribution in [3.8, 4) is 0 Å². The lowest BCUT2D eigenvalue weighted by molar-refractivity contribution is 0.240. The largest absolute Gasteiger partial charge is 0.334 e. The molecule has 0 spiro atoms. The van der Waals surface area contributed by atoms with Crippen molar-refractivity contribution in [1.29, 1.82) is 0 Å². The number of hydrogen-bond donors (Lipinski definition) is 3. The van der Waals surface area contributed by atoms with Gasteiger partial charge in [-0.3, -0.25) is 4.72 Å². The molecule has 0 heterocycles. The minimum atomic E-state index is -3.32. The van der Waals surface area contributed by atoms with Crippen LogP contribution in [0.2, 0.25) is 0 Å². The summed E-state index contributed by atoms with van der Waals surface area (Å²) in [6, 6.07) is 14.5. The molecule has 128 valence electrons. The Balaban J connectivity index is 1.83. The fraction of sp³-hybridized carbons (Fsp3) is 0.235. The van der Waals surface area contributed by atoms with E-state index in [1.54, 1.807) is 18.2 Å². The van der Waals surface area contributed by atoms with E-state index in [1.165, 1.54) is 5.56 Å². The van der Waals surface area contributed by atoms with Crippen LogP contribution < -0.4 is 15.4 Å². The summed E-state index contributed by atoms with van der Waals surface area (Å²) >= 11 is 0. The number of amides is 2. The standard InChI is InChI=1S/C17H21N3O3S/c1-13-6-8-14(9-7-13)11-18-17(21)19-12-15-4-3-5-16(10-15)20-24(2,22)23/h3-10,20H,11-12H2,1-2H3,(H2,18,19,21). The van der Waals surface area contributed by atoms with Gasteiger partial charge in [-0.1, -0.05) is 42.0 Å². The molecule has 0 radical (unpaired) electrons. The van der Waals surface area contributed by atoms with Crippen LogP contribution in [-0.2, 0) is 23.1 Å². The van der Waals surface area contributed by atoms with Crippen molar-refractivity contribution in [3.05, 3.63) is 65.2 Å². The van der Waals surface area contributed by atoms with E-state index in [-0.39, 0.29) is 6.03 Å². The topological polar surface area (TPSA) is 87.3 Å². The van der Waals surface area contributed by atoms with E-state index in [0.29, 0.717) is 18.8 Å². The quantitative estimate of drug-likeness (QED) is 0.750. The highest BCUT2D eigenvalue weighted by Gasteiger charge is 2.04. The van der Waals surface area contributed by atoms with Gasteiger partial charge in [0.2, 0.25) is 10.0 Å². The van der Waals surface area contributed by atoms with Crippen LogP contribution in [-0.4, -0.2) is 20.7 Å². The summed E-state index contributed by atoms with van der Waals surface area (Å²) in [5, 5.41) is 5.52. The zero-order valence-electron chi connectivity index (χ0n) is 13.7. The van der Waals surface area contributed by atoms with Crippen LogP contribution >= 0.6 is 0 Å². The van der Waals surface area contributed by atoms with E-state index >= 15 is 0 Å². The minimum Gasteiger partial charge on any atom is -0.334 e. The molecule has 0 saturated heterocycles. The summed E-state index contributed by atoms with van der Waals surface area (Å²) in [7, 11) is -3.32. The van der Waals surface area contributed by atoms with E-state index in [2.05, 4.69) is 15.4 Å². The number of urea groups is 1. The van der Waals surface area contributed by atoms with Crippen molar-refractivity contribution in [1.82, 2.24) is 10.6 Å². The molecule has 2 aromatic carbocycles. The fourth-order valence-corrected chi connectivity index (χ4v) is 2.65. The van der Waals surface area contributed by atoms with Crippen molar-refractivity contribution in [2.24, 2.45) is 0 Å². The molecule has 0 bridgehead atoms. The van der Waals surface area contributed by atoms with Crippen LogP contribution in [0.4, 0.5) is 10.5 Å². The first-order chi connectivity index (χ1) is 11.3. The molecule has 0 unspecified atom stereocenters. The van der Waals surface area contributed by atoms with Crippen LogP contribution in [0.5, 0.6) is 0 Å². The molecule has 6 nitrogen and oxygen atoms in total. The molecule has 2 rings (SSSR count). The number of benzene rings is 2. The lowest BCUT2D eigenvalue weighted by Gasteiger charge is -2.09. The van der Waals surface area contributed by atoms with Crippen LogP contribution in [0.25, 0.3) is 0 Å². The predicted octanol–water partition coefficient (Wildman–Crippen LogP) is 2.37. The van der Waals surface area contributed by atoms with Gasteiger partial charge in [0.05, 0.1) is 6.26 Å². The number of carbonyl (C=O) groups is 1. The maximum atomic E-state index is 11.8. The zero-order valence-corrected chi connectivity index (χ0v) is 14.5. The van der Waals surface area contributed by atoms with Gasteiger partial charge in [0.15, 0.2) is 0 Å². The first-order valence-corrected chi connectivity index (χ1v) is 9.35. The summed E-state index contributed by atoms with van der Waals surface area (Å²) < 4.78 is 24.9. The number of carbonyl (C=O) groups excluding carboxylic acids is 1. The Morgan fingerprint density at radius 1 is 0.958 bits per heavy atom. The number of sulfonamides is 1. The Labute approximate surface area is 142 Å². The van der Waals surface area contributed by atoms with Gasteiger partial charge in [0.25, 0.3) is 0 Å². The van der Waals surface area contributed by atoms with E-state index in [0.717, 1.165) is 17.4 Å². The van der Waals surface area contributed by atoms with E-state index in [9.17, 15) is 13.2 Å². The Bertz CT molecular complexity index is 802. The molecular weight excluding hydrogens is 326 g/mol. The van der Waals surface area contributed by atoms with Crippen molar-refractivity contribution < 1.29 is 13.2 Å². The summed E-state index contributed by atoms with van der Waals surface area (Å²) in [6.07, 6.45) is 1.09. The molecular formula is C17H21N3O3S. The molecule has 0 saturated carbocycles. The lowest BCUT2D eigenvalue weighted by Crippen LogP contribution is -2.34. The highest BCUT2D eigenvalue weighted by molar-refractivity contribution is 7.92. The van der Waals surface area contributed by atoms with Gasteiger partial charge in [-0.25, -0.2) is 13.2 Å². The van der Waals surface area contributed by atoms with Crippen molar-refractivity contribution in [2.45, 2.75) is 20.0 Å². The third-order valence-electron chi connectivity index (χ3n) is 3.26. The van der Waals surface area contributed by atoms with Crippen molar-refractivity contribution >= 4 is 21.7 Å². The van der Waals surface area contributed by atoms with Crippen LogP contribution in [0.15, 0.2) is 48.5 Å². The summed E-state index contributed by atoms with van der Waals surface area (Å²) in [4.78, 5) is 11.8. The molecule has 0 aliphatic carbocycles. The Hall–Kier alpha value is -2.54. The first kappa shape index (κ1) is 17.8. The van der Waals surface area contributed by atoms with Crippen LogP contribution in [0, 0.1) is 6.92 Å². The molecule has 0 fully saturated rings. The molecule has 0 aliphatic rings. The normalized spacial score (nSPS) is 10.9. The van der Waals surface area contributed by atoms with E-state index in [4.69, 9.17) is 0 Å². The molecule has 0 aromatic heterocycles. The average Bonchev–Trinajstić information content (AvgIpc) is 2.51. The SMILES string of the molecule is Cc1ccc(CNC(=O)NCc2cccc(NS(C)(=O)=O)c2)cc1. The Kier molecular flexibility index (Phi) is 5.81. The molecule has 7 heteroatoms. The molecule has 2 aromatic rings. The number of aryl methyl sites for hydroxylation is 1. The molecule has 24 heavy (non-hydrogen) atoms. The molecule has 3 N–H and O–H groups in total. The highest BCUT2D eigenvalue weighted by Crippen LogP contribution is 2.11. The van der Waals surface area contributed by atoms with Gasteiger partial charge >= 0.3 is 6.03 Å². The number of nitrogens with one attached hydrogen (secondary N) is 3. The lowest BCUT2D eigenvalue weighted by atomic mass is 10.1. The summed E-state index contributed by atoms with van der Waals surface area (Å²) in [5.41, 5.74) is 3.46. The van der Waals surface area contributed by atoms with Crippen LogP contribution in [0.1, 0.15) is 16.7 Å². The van der Waals surface area contributed by atoms with Gasteiger partial charge in [0.1, 0.15) is 0 Å². The third kappa shape index (κ3) is 6.29.